The van der Waals surface area contributed by atoms with Gasteiger partial charge in [0.15, 0.2) is 11.5 Å². The largest absolute Gasteiger partial charge is 0.446 e. The first-order valence-corrected chi connectivity index (χ1v) is 3.45. The third-order valence-corrected chi connectivity index (χ3v) is 1.51. The van der Waals surface area contributed by atoms with Crippen molar-refractivity contribution in [3.8, 4) is 11.5 Å². The van der Waals surface area contributed by atoms with E-state index in [1.54, 1.807) is 24.3 Å². The molecule has 0 amide bonds. The topological polar surface area (TPSA) is 35.5 Å². The minimum Gasteiger partial charge on any atom is -0.446 e. The van der Waals surface area contributed by atoms with E-state index in [9.17, 15) is 4.79 Å². The third-order valence-electron chi connectivity index (χ3n) is 1.51. The van der Waals surface area contributed by atoms with E-state index in [1.807, 2.05) is 0 Å². The maximum absolute atomic E-state index is 10.9. The molecule has 0 radical (unpaired) electrons. The van der Waals surface area contributed by atoms with Crippen LogP contribution in [-0.4, -0.2) is 5.97 Å². The summed E-state index contributed by atoms with van der Waals surface area (Å²) in [6.45, 7) is 3.40. The standard InChI is InChI=1S/C9H6O3/c1-6-9(10)12-8-5-3-2-4-7(8)11-6/h2-5H,1H2. The molecule has 0 saturated carbocycles. The number of ether oxygens (including phenoxy) is 2. The van der Waals surface area contributed by atoms with Crippen molar-refractivity contribution in [1.82, 2.24) is 0 Å². The zero-order valence-electron chi connectivity index (χ0n) is 6.24. The molecule has 1 heterocycles. The lowest BCUT2D eigenvalue weighted by Crippen LogP contribution is -2.19. The Kier molecular flexibility index (Phi) is 1.37. The van der Waals surface area contributed by atoms with Crippen LogP contribution in [0.25, 0.3) is 0 Å². The van der Waals surface area contributed by atoms with Crippen LogP contribution in [0.4, 0.5) is 0 Å². The van der Waals surface area contributed by atoms with Gasteiger partial charge in [-0.05, 0) is 18.7 Å². The number of esters is 1. The van der Waals surface area contributed by atoms with Crippen molar-refractivity contribution in [2.75, 3.05) is 0 Å². The van der Waals surface area contributed by atoms with Crippen LogP contribution >= 0.6 is 0 Å². The van der Waals surface area contributed by atoms with Gasteiger partial charge in [-0.3, -0.25) is 0 Å². The smallest absolute Gasteiger partial charge is 0.379 e. The van der Waals surface area contributed by atoms with Gasteiger partial charge in [-0.25, -0.2) is 4.79 Å². The van der Waals surface area contributed by atoms with Gasteiger partial charge in [0.25, 0.3) is 0 Å². The molecule has 0 aromatic heterocycles. The van der Waals surface area contributed by atoms with Crippen LogP contribution in [0.15, 0.2) is 36.6 Å². The molecular formula is C9H6O3. The van der Waals surface area contributed by atoms with E-state index in [-0.39, 0.29) is 5.76 Å². The van der Waals surface area contributed by atoms with Gasteiger partial charge in [-0.2, -0.15) is 0 Å². The van der Waals surface area contributed by atoms with E-state index in [0.29, 0.717) is 11.5 Å². The number of carbonyl (C=O) groups is 1. The van der Waals surface area contributed by atoms with Crippen LogP contribution < -0.4 is 9.47 Å². The number of hydrogen-bond acceptors (Lipinski definition) is 3. The summed E-state index contributed by atoms with van der Waals surface area (Å²) in [4.78, 5) is 10.9. The molecule has 0 fully saturated rings. The second-order valence-corrected chi connectivity index (χ2v) is 2.36. The van der Waals surface area contributed by atoms with E-state index in [1.165, 1.54) is 0 Å². The molecule has 0 bridgehead atoms. The molecular weight excluding hydrogens is 156 g/mol. The maximum Gasteiger partial charge on any atom is 0.379 e. The Morgan fingerprint density at radius 2 is 1.67 bits per heavy atom. The fraction of sp³-hybridized carbons (Fsp3) is 0. The second-order valence-electron chi connectivity index (χ2n) is 2.36. The Bertz CT molecular complexity index is 320. The summed E-state index contributed by atoms with van der Waals surface area (Å²) >= 11 is 0. The van der Waals surface area contributed by atoms with Gasteiger partial charge in [-0.15, -0.1) is 0 Å². The van der Waals surface area contributed by atoms with Crippen LogP contribution in [0.1, 0.15) is 0 Å². The summed E-state index contributed by atoms with van der Waals surface area (Å²) in [5.74, 6) is 0.458. The number of benzene rings is 1. The SMILES string of the molecule is C=C1Oc2ccccc2OC1=O. The molecule has 1 aliphatic heterocycles. The van der Waals surface area contributed by atoms with Crippen molar-refractivity contribution >= 4 is 5.97 Å². The van der Waals surface area contributed by atoms with Crippen molar-refractivity contribution < 1.29 is 14.3 Å². The van der Waals surface area contributed by atoms with Gasteiger partial charge in [0.2, 0.25) is 5.76 Å². The number of rotatable bonds is 0. The highest BCUT2D eigenvalue weighted by atomic mass is 16.6. The molecule has 1 aromatic carbocycles. The molecule has 3 nitrogen and oxygen atoms in total. The predicted octanol–water partition coefficient (Wildman–Crippen LogP) is 1.50. The predicted molar refractivity (Wildman–Crippen MR) is 41.8 cm³/mol. The third kappa shape index (κ3) is 0.955. The van der Waals surface area contributed by atoms with Crippen molar-refractivity contribution in [2.45, 2.75) is 0 Å². The first kappa shape index (κ1) is 6.91. The highest BCUT2D eigenvalue weighted by Gasteiger charge is 2.21. The van der Waals surface area contributed by atoms with Gasteiger partial charge < -0.3 is 9.47 Å². The molecule has 2 rings (SSSR count). The van der Waals surface area contributed by atoms with Crippen LogP contribution in [0.2, 0.25) is 0 Å². The van der Waals surface area contributed by atoms with Crippen LogP contribution in [0.5, 0.6) is 11.5 Å². The molecule has 1 aromatic rings. The van der Waals surface area contributed by atoms with Gasteiger partial charge >= 0.3 is 5.97 Å². The van der Waals surface area contributed by atoms with Crippen LogP contribution in [0.3, 0.4) is 0 Å². The van der Waals surface area contributed by atoms with E-state index in [0.717, 1.165) is 0 Å². The average molecular weight is 162 g/mol. The Hall–Kier alpha value is -1.77. The summed E-state index contributed by atoms with van der Waals surface area (Å²) in [5.41, 5.74) is 0. The Labute approximate surface area is 69.2 Å². The van der Waals surface area contributed by atoms with Crippen LogP contribution in [-0.2, 0) is 4.79 Å². The van der Waals surface area contributed by atoms with E-state index < -0.39 is 5.97 Å². The summed E-state index contributed by atoms with van der Waals surface area (Å²) in [5, 5.41) is 0. The van der Waals surface area contributed by atoms with E-state index in [4.69, 9.17) is 9.47 Å². The molecule has 0 unspecified atom stereocenters. The molecule has 0 N–H and O–H groups in total. The van der Waals surface area contributed by atoms with Crippen molar-refractivity contribution in [1.29, 1.82) is 0 Å². The Morgan fingerprint density at radius 3 is 2.33 bits per heavy atom. The second kappa shape index (κ2) is 2.37. The monoisotopic (exact) mass is 162 g/mol. The van der Waals surface area contributed by atoms with Crippen molar-refractivity contribution in [3.05, 3.63) is 36.6 Å². The lowest BCUT2D eigenvalue weighted by atomic mass is 10.3. The average Bonchev–Trinajstić information content (AvgIpc) is 2.07. The quantitative estimate of drug-likeness (QED) is 0.329. The van der Waals surface area contributed by atoms with Crippen molar-refractivity contribution in [3.63, 3.8) is 0 Å². The number of carbonyl (C=O) groups excluding carboxylic acids is 1. The lowest BCUT2D eigenvalue weighted by Gasteiger charge is -2.16. The van der Waals surface area contributed by atoms with Gasteiger partial charge in [0.1, 0.15) is 0 Å². The Morgan fingerprint density at radius 1 is 1.08 bits per heavy atom. The summed E-state index contributed by atoms with van der Waals surface area (Å²) < 4.78 is 9.96. The van der Waals surface area contributed by atoms with Gasteiger partial charge in [0, 0.05) is 0 Å². The molecule has 3 heteroatoms. The fourth-order valence-electron chi connectivity index (χ4n) is 0.950. The minimum absolute atomic E-state index is 0.0219. The molecule has 60 valence electrons. The number of para-hydroxylation sites is 2. The molecule has 0 atom stereocenters. The lowest BCUT2D eigenvalue weighted by molar-refractivity contribution is -0.133. The van der Waals surface area contributed by atoms with E-state index in [2.05, 4.69) is 6.58 Å². The van der Waals surface area contributed by atoms with Crippen LogP contribution in [0, 0.1) is 0 Å². The number of fused-ring (bicyclic) bond motifs is 1. The van der Waals surface area contributed by atoms with E-state index >= 15 is 0 Å². The first-order chi connectivity index (χ1) is 5.77. The molecule has 12 heavy (non-hydrogen) atoms. The zero-order valence-corrected chi connectivity index (χ0v) is 6.24. The molecule has 0 aliphatic carbocycles. The summed E-state index contributed by atoms with van der Waals surface area (Å²) in [6.07, 6.45) is 0. The Balaban J connectivity index is 2.47. The zero-order chi connectivity index (χ0) is 8.55. The molecule has 0 spiro atoms. The van der Waals surface area contributed by atoms with Crippen molar-refractivity contribution in [2.24, 2.45) is 0 Å². The fourth-order valence-corrected chi connectivity index (χ4v) is 0.950. The summed E-state index contributed by atoms with van der Waals surface area (Å²) in [7, 11) is 0. The number of hydrogen-bond donors (Lipinski definition) is 0. The normalized spacial score (nSPS) is 14.7. The highest BCUT2D eigenvalue weighted by Crippen LogP contribution is 2.31. The summed E-state index contributed by atoms with van der Waals surface area (Å²) in [6, 6.07) is 6.95. The molecule has 1 aliphatic rings. The first-order valence-electron chi connectivity index (χ1n) is 3.45. The molecule has 0 saturated heterocycles. The minimum atomic E-state index is -0.534. The highest BCUT2D eigenvalue weighted by molar-refractivity contribution is 5.90. The van der Waals surface area contributed by atoms with Gasteiger partial charge in [0.05, 0.1) is 0 Å². The van der Waals surface area contributed by atoms with Gasteiger partial charge in [-0.1, -0.05) is 12.1 Å². The maximum atomic E-state index is 10.9.